The van der Waals surface area contributed by atoms with E-state index in [-0.39, 0.29) is 16.7 Å². The molecular formula is C23H27N3O3S2. The third-order valence-corrected chi connectivity index (χ3v) is 8.08. The van der Waals surface area contributed by atoms with Crippen molar-refractivity contribution in [3.8, 4) is 5.69 Å². The van der Waals surface area contributed by atoms with Crippen LogP contribution in [-0.2, 0) is 9.53 Å². The number of amides is 1. The molecule has 1 amide bonds. The van der Waals surface area contributed by atoms with E-state index in [2.05, 4.69) is 0 Å². The Morgan fingerprint density at radius 1 is 1.16 bits per heavy atom. The van der Waals surface area contributed by atoms with E-state index in [1.165, 1.54) is 23.1 Å². The fourth-order valence-electron chi connectivity index (χ4n) is 3.79. The smallest absolute Gasteiger partial charge is 0.267 e. The van der Waals surface area contributed by atoms with Gasteiger partial charge in [-0.15, -0.1) is 11.3 Å². The summed E-state index contributed by atoms with van der Waals surface area (Å²) in [6.45, 7) is 12.3. The summed E-state index contributed by atoms with van der Waals surface area (Å²) in [4.78, 5) is 35.3. The van der Waals surface area contributed by atoms with E-state index in [1.807, 2.05) is 57.7 Å². The number of benzene rings is 1. The number of aromatic nitrogens is 2. The van der Waals surface area contributed by atoms with E-state index in [0.29, 0.717) is 36.8 Å². The van der Waals surface area contributed by atoms with Crippen molar-refractivity contribution in [1.82, 2.24) is 14.5 Å². The second-order valence-electron chi connectivity index (χ2n) is 7.92. The maximum atomic E-state index is 13.7. The van der Waals surface area contributed by atoms with Gasteiger partial charge in [0.15, 0.2) is 5.16 Å². The summed E-state index contributed by atoms with van der Waals surface area (Å²) in [6.07, 6.45) is 0. The normalized spacial score (nSPS) is 15.5. The van der Waals surface area contributed by atoms with E-state index in [1.54, 1.807) is 4.57 Å². The molecule has 0 saturated carbocycles. The molecule has 4 rings (SSSR count). The maximum absolute atomic E-state index is 13.7. The minimum atomic E-state index is -0.360. The first-order chi connectivity index (χ1) is 14.8. The first-order valence-corrected chi connectivity index (χ1v) is 12.1. The number of morpholine rings is 1. The number of carbonyl (C=O) groups is 1. The zero-order chi connectivity index (χ0) is 22.3. The third-order valence-electron chi connectivity index (χ3n) is 5.94. The zero-order valence-corrected chi connectivity index (χ0v) is 20.2. The van der Waals surface area contributed by atoms with Gasteiger partial charge in [-0.1, -0.05) is 23.9 Å². The van der Waals surface area contributed by atoms with Crippen molar-refractivity contribution in [2.45, 2.75) is 45.0 Å². The molecule has 31 heavy (non-hydrogen) atoms. The summed E-state index contributed by atoms with van der Waals surface area (Å²) in [5.74, 6) is 0.0497. The molecule has 1 aromatic carbocycles. The average molecular weight is 458 g/mol. The van der Waals surface area contributed by atoms with Crippen LogP contribution in [0.2, 0.25) is 0 Å². The minimum absolute atomic E-state index is 0.0497. The molecule has 8 heteroatoms. The monoisotopic (exact) mass is 457 g/mol. The fourth-order valence-corrected chi connectivity index (χ4v) is 5.87. The number of fused-ring (bicyclic) bond motifs is 1. The molecule has 0 N–H and O–H groups in total. The van der Waals surface area contributed by atoms with Crippen molar-refractivity contribution in [2.24, 2.45) is 0 Å². The lowest BCUT2D eigenvalue weighted by Crippen LogP contribution is -2.44. The summed E-state index contributed by atoms with van der Waals surface area (Å²) < 4.78 is 7.06. The topological polar surface area (TPSA) is 64.4 Å². The number of thiophene rings is 1. The Kier molecular flexibility index (Phi) is 6.23. The van der Waals surface area contributed by atoms with Crippen LogP contribution in [0.1, 0.15) is 28.5 Å². The molecule has 1 unspecified atom stereocenters. The SMILES string of the molecule is Cc1cccc(-n2c(SC(C)C(=O)N3CCOCC3)nc3sc(C)c(C)c3c2=O)c1C. The second kappa shape index (κ2) is 8.76. The highest BCUT2D eigenvalue weighted by atomic mass is 32.2. The summed E-state index contributed by atoms with van der Waals surface area (Å²) in [5, 5.41) is 0.863. The van der Waals surface area contributed by atoms with Crippen LogP contribution in [-0.4, -0.2) is 51.9 Å². The van der Waals surface area contributed by atoms with E-state index in [4.69, 9.17) is 9.72 Å². The van der Waals surface area contributed by atoms with Crippen LogP contribution in [0.3, 0.4) is 0 Å². The summed E-state index contributed by atoms with van der Waals surface area (Å²) in [7, 11) is 0. The van der Waals surface area contributed by atoms with Gasteiger partial charge in [-0.3, -0.25) is 14.2 Å². The number of hydrogen-bond acceptors (Lipinski definition) is 6. The molecule has 3 heterocycles. The molecule has 1 aliphatic rings. The highest BCUT2D eigenvalue weighted by molar-refractivity contribution is 8.00. The van der Waals surface area contributed by atoms with Gasteiger partial charge in [-0.25, -0.2) is 4.98 Å². The number of ether oxygens (including phenoxy) is 1. The molecule has 0 aliphatic carbocycles. The molecule has 1 atom stereocenters. The fraction of sp³-hybridized carbons (Fsp3) is 0.435. The molecule has 6 nitrogen and oxygen atoms in total. The predicted octanol–water partition coefficient (Wildman–Crippen LogP) is 4.02. The first-order valence-electron chi connectivity index (χ1n) is 10.4. The predicted molar refractivity (Wildman–Crippen MR) is 127 cm³/mol. The van der Waals surface area contributed by atoms with Crippen molar-refractivity contribution in [3.63, 3.8) is 0 Å². The number of rotatable bonds is 4. The summed E-state index contributed by atoms with van der Waals surface area (Å²) >= 11 is 2.88. The van der Waals surface area contributed by atoms with E-state index >= 15 is 0 Å². The summed E-state index contributed by atoms with van der Waals surface area (Å²) in [6, 6.07) is 5.94. The summed E-state index contributed by atoms with van der Waals surface area (Å²) in [5.41, 5.74) is 3.86. The molecule has 1 aliphatic heterocycles. The maximum Gasteiger partial charge on any atom is 0.267 e. The number of nitrogens with zero attached hydrogens (tertiary/aromatic N) is 3. The Morgan fingerprint density at radius 3 is 2.58 bits per heavy atom. The molecule has 3 aromatic rings. The van der Waals surface area contributed by atoms with Crippen LogP contribution in [0.4, 0.5) is 0 Å². The highest BCUT2D eigenvalue weighted by Crippen LogP contribution is 2.32. The first kappa shape index (κ1) is 22.0. The lowest BCUT2D eigenvalue weighted by molar-refractivity contribution is -0.134. The Labute approximate surface area is 190 Å². The van der Waals surface area contributed by atoms with Crippen molar-refractivity contribution in [2.75, 3.05) is 26.3 Å². The van der Waals surface area contributed by atoms with Crippen LogP contribution < -0.4 is 5.56 Å². The minimum Gasteiger partial charge on any atom is -0.378 e. The lowest BCUT2D eigenvalue weighted by Gasteiger charge is -2.29. The average Bonchev–Trinajstić information content (AvgIpc) is 3.04. The van der Waals surface area contributed by atoms with E-state index in [0.717, 1.165) is 32.1 Å². The number of thioether (sulfide) groups is 1. The van der Waals surface area contributed by atoms with Crippen LogP contribution in [0.25, 0.3) is 15.9 Å². The van der Waals surface area contributed by atoms with Crippen LogP contribution in [0, 0.1) is 27.7 Å². The Morgan fingerprint density at radius 2 is 1.87 bits per heavy atom. The molecular weight excluding hydrogens is 430 g/mol. The largest absolute Gasteiger partial charge is 0.378 e. The quantitative estimate of drug-likeness (QED) is 0.437. The van der Waals surface area contributed by atoms with Gasteiger partial charge >= 0.3 is 0 Å². The van der Waals surface area contributed by atoms with Crippen molar-refractivity contribution >= 4 is 39.2 Å². The molecule has 164 valence electrons. The Bertz CT molecular complexity index is 1210. The lowest BCUT2D eigenvalue weighted by atomic mass is 10.1. The van der Waals surface area contributed by atoms with Gasteiger partial charge in [-0.2, -0.15) is 0 Å². The molecule has 1 fully saturated rings. The van der Waals surface area contributed by atoms with Gasteiger partial charge in [0.25, 0.3) is 5.56 Å². The van der Waals surface area contributed by atoms with Gasteiger partial charge in [0.05, 0.1) is 29.5 Å². The molecule has 0 bridgehead atoms. The van der Waals surface area contributed by atoms with Gasteiger partial charge in [-0.05, 0) is 57.4 Å². The van der Waals surface area contributed by atoms with E-state index < -0.39 is 0 Å². The molecule has 2 aromatic heterocycles. The van der Waals surface area contributed by atoms with Gasteiger partial charge < -0.3 is 9.64 Å². The van der Waals surface area contributed by atoms with Crippen LogP contribution in [0.15, 0.2) is 28.2 Å². The number of carbonyl (C=O) groups excluding carboxylic acids is 1. The van der Waals surface area contributed by atoms with Gasteiger partial charge in [0, 0.05) is 18.0 Å². The second-order valence-corrected chi connectivity index (χ2v) is 10.4. The standard InChI is InChI=1S/C23H27N3O3S2/c1-13-7-6-8-18(14(13)2)26-22(28)19-15(3)16(4)30-20(19)24-23(26)31-17(5)21(27)25-9-11-29-12-10-25/h6-8,17H,9-12H2,1-5H3. The highest BCUT2D eigenvalue weighted by Gasteiger charge is 2.27. The number of hydrogen-bond donors (Lipinski definition) is 0. The van der Waals surface area contributed by atoms with Gasteiger partial charge in [0.2, 0.25) is 5.91 Å². The van der Waals surface area contributed by atoms with Gasteiger partial charge in [0.1, 0.15) is 4.83 Å². The zero-order valence-electron chi connectivity index (χ0n) is 18.5. The Balaban J connectivity index is 1.84. The molecule has 0 radical (unpaired) electrons. The molecule has 0 spiro atoms. The third kappa shape index (κ3) is 4.04. The van der Waals surface area contributed by atoms with Crippen molar-refractivity contribution < 1.29 is 9.53 Å². The van der Waals surface area contributed by atoms with Crippen LogP contribution in [0.5, 0.6) is 0 Å². The van der Waals surface area contributed by atoms with Crippen LogP contribution >= 0.6 is 23.1 Å². The molecule has 1 saturated heterocycles. The van der Waals surface area contributed by atoms with Crippen molar-refractivity contribution in [3.05, 3.63) is 50.1 Å². The van der Waals surface area contributed by atoms with E-state index in [9.17, 15) is 9.59 Å². The van der Waals surface area contributed by atoms with Crippen molar-refractivity contribution in [1.29, 1.82) is 0 Å². The Hall–Kier alpha value is -2.16. The number of aryl methyl sites for hydroxylation is 3.